The Balaban J connectivity index is 1.83. The molecule has 0 radical (unpaired) electrons. The van der Waals surface area contributed by atoms with E-state index in [1.807, 2.05) is 19.3 Å². The molecule has 0 aromatic carbocycles. The molecule has 1 fully saturated rings. The van der Waals surface area contributed by atoms with Gasteiger partial charge in [-0.1, -0.05) is 5.16 Å². The van der Waals surface area contributed by atoms with Gasteiger partial charge < -0.3 is 14.9 Å². The van der Waals surface area contributed by atoms with Crippen molar-refractivity contribution in [1.29, 1.82) is 0 Å². The molecule has 2 N–H and O–H groups in total. The topological polar surface area (TPSA) is 89.0 Å². The Morgan fingerprint density at radius 2 is 2.47 bits per heavy atom. The van der Waals surface area contributed by atoms with Gasteiger partial charge in [-0.2, -0.15) is 10.1 Å². The fourth-order valence-electron chi connectivity index (χ4n) is 1.92. The number of nitrogens with zero attached hydrogens (tertiary/aromatic N) is 4. The number of aliphatic hydroxyl groups excluding tert-OH is 1. The van der Waals surface area contributed by atoms with Gasteiger partial charge in [-0.05, 0) is 12.5 Å². The number of β-amino-alcohol motifs (C(OH)–C–C–N with tert-alkyl or cyclic N) is 1. The standard InChI is InChI=1S/C10H13N5O2/c1-15-3-2-7(13-15)9-12-10(17-14-9)8-4-6(16)5-11-8/h2-3,6,8,11,16H,4-5H2,1H3/t6-,8-/m0/s1. The predicted octanol–water partition coefficient (Wildman–Crippen LogP) is -0.135. The van der Waals surface area contributed by atoms with Crippen LogP contribution in [0.4, 0.5) is 0 Å². The fourth-order valence-corrected chi connectivity index (χ4v) is 1.92. The highest BCUT2D eigenvalue weighted by atomic mass is 16.5. The zero-order chi connectivity index (χ0) is 11.8. The van der Waals surface area contributed by atoms with Crippen molar-refractivity contribution in [3.8, 4) is 11.5 Å². The van der Waals surface area contributed by atoms with Crippen LogP contribution in [0.3, 0.4) is 0 Å². The van der Waals surface area contributed by atoms with Crippen molar-refractivity contribution in [2.45, 2.75) is 18.6 Å². The molecule has 0 spiro atoms. The van der Waals surface area contributed by atoms with E-state index in [9.17, 15) is 5.11 Å². The van der Waals surface area contributed by atoms with Crippen molar-refractivity contribution in [1.82, 2.24) is 25.2 Å². The third kappa shape index (κ3) is 1.94. The zero-order valence-electron chi connectivity index (χ0n) is 9.37. The normalized spacial score (nSPS) is 24.4. The van der Waals surface area contributed by atoms with Gasteiger partial charge in [-0.15, -0.1) is 0 Å². The van der Waals surface area contributed by atoms with Crippen molar-refractivity contribution >= 4 is 0 Å². The Morgan fingerprint density at radius 1 is 1.59 bits per heavy atom. The van der Waals surface area contributed by atoms with Gasteiger partial charge in [0.1, 0.15) is 5.69 Å². The Bertz CT molecular complexity index is 520. The smallest absolute Gasteiger partial charge is 0.244 e. The summed E-state index contributed by atoms with van der Waals surface area (Å²) in [5, 5.41) is 20.6. The van der Waals surface area contributed by atoms with Crippen LogP contribution in [0.25, 0.3) is 11.5 Å². The van der Waals surface area contributed by atoms with E-state index >= 15 is 0 Å². The summed E-state index contributed by atoms with van der Waals surface area (Å²) in [6.45, 7) is 0.561. The van der Waals surface area contributed by atoms with Crippen molar-refractivity contribution < 1.29 is 9.63 Å². The Hall–Kier alpha value is -1.73. The molecule has 7 heteroatoms. The molecule has 2 atom stereocenters. The molecule has 0 bridgehead atoms. The number of aromatic nitrogens is 4. The second-order valence-electron chi connectivity index (χ2n) is 4.18. The minimum atomic E-state index is -0.342. The van der Waals surface area contributed by atoms with Crippen LogP contribution in [0.15, 0.2) is 16.8 Å². The van der Waals surface area contributed by atoms with E-state index < -0.39 is 0 Å². The Labute approximate surface area is 97.4 Å². The van der Waals surface area contributed by atoms with Crippen LogP contribution in [0.2, 0.25) is 0 Å². The summed E-state index contributed by atoms with van der Waals surface area (Å²) in [5.41, 5.74) is 0.682. The lowest BCUT2D eigenvalue weighted by Crippen LogP contribution is -2.15. The van der Waals surface area contributed by atoms with E-state index in [1.165, 1.54) is 0 Å². The van der Waals surface area contributed by atoms with Crippen LogP contribution in [-0.4, -0.2) is 37.7 Å². The molecule has 0 aliphatic carbocycles. The molecular formula is C10H13N5O2. The monoisotopic (exact) mass is 235 g/mol. The van der Waals surface area contributed by atoms with Crippen LogP contribution in [-0.2, 0) is 7.05 Å². The van der Waals surface area contributed by atoms with Gasteiger partial charge in [0.05, 0.1) is 12.1 Å². The van der Waals surface area contributed by atoms with E-state index in [-0.39, 0.29) is 12.1 Å². The first-order valence-electron chi connectivity index (χ1n) is 5.47. The van der Waals surface area contributed by atoms with E-state index in [2.05, 4.69) is 20.6 Å². The van der Waals surface area contributed by atoms with Crippen LogP contribution in [0, 0.1) is 0 Å². The average Bonchev–Trinajstić information content (AvgIpc) is 2.96. The molecule has 1 aliphatic rings. The molecule has 0 amide bonds. The number of rotatable bonds is 2. The van der Waals surface area contributed by atoms with Gasteiger partial charge in [0.2, 0.25) is 11.7 Å². The number of hydrogen-bond donors (Lipinski definition) is 2. The summed E-state index contributed by atoms with van der Waals surface area (Å²) in [7, 11) is 1.83. The minimum Gasteiger partial charge on any atom is -0.392 e. The molecule has 3 heterocycles. The summed E-state index contributed by atoms with van der Waals surface area (Å²) in [6, 6.07) is 1.76. The van der Waals surface area contributed by atoms with E-state index in [0.29, 0.717) is 30.4 Å². The molecule has 7 nitrogen and oxygen atoms in total. The molecule has 2 aromatic rings. The lowest BCUT2D eigenvalue weighted by Gasteiger charge is -2.01. The second-order valence-corrected chi connectivity index (χ2v) is 4.18. The van der Waals surface area contributed by atoms with Crippen molar-refractivity contribution in [2.75, 3.05) is 6.54 Å². The van der Waals surface area contributed by atoms with Gasteiger partial charge in [0.15, 0.2) is 0 Å². The number of hydrogen-bond acceptors (Lipinski definition) is 6. The molecule has 1 saturated heterocycles. The van der Waals surface area contributed by atoms with Gasteiger partial charge in [-0.3, -0.25) is 4.68 Å². The van der Waals surface area contributed by atoms with Crippen molar-refractivity contribution in [3.05, 3.63) is 18.2 Å². The third-order valence-electron chi connectivity index (χ3n) is 2.79. The molecule has 0 unspecified atom stereocenters. The summed E-state index contributed by atoms with van der Waals surface area (Å²) >= 11 is 0. The molecule has 3 rings (SSSR count). The quantitative estimate of drug-likeness (QED) is 0.753. The number of aliphatic hydroxyl groups is 1. The summed E-state index contributed by atoms with van der Waals surface area (Å²) in [6.07, 6.45) is 2.08. The predicted molar refractivity (Wildman–Crippen MR) is 57.9 cm³/mol. The molecule has 17 heavy (non-hydrogen) atoms. The van der Waals surface area contributed by atoms with Crippen LogP contribution < -0.4 is 5.32 Å². The highest BCUT2D eigenvalue weighted by Gasteiger charge is 2.28. The average molecular weight is 235 g/mol. The maximum absolute atomic E-state index is 9.42. The molecule has 0 saturated carbocycles. The molecule has 90 valence electrons. The highest BCUT2D eigenvalue weighted by molar-refractivity contribution is 5.46. The second kappa shape index (κ2) is 3.94. The minimum absolute atomic E-state index is 0.0602. The molecule has 2 aromatic heterocycles. The first-order chi connectivity index (χ1) is 8.22. The Morgan fingerprint density at radius 3 is 3.12 bits per heavy atom. The van der Waals surface area contributed by atoms with E-state index in [4.69, 9.17) is 4.52 Å². The summed E-state index contributed by atoms with van der Waals surface area (Å²) in [5.74, 6) is 0.978. The highest BCUT2D eigenvalue weighted by Crippen LogP contribution is 2.23. The van der Waals surface area contributed by atoms with Gasteiger partial charge in [0, 0.05) is 19.8 Å². The van der Waals surface area contributed by atoms with Gasteiger partial charge in [-0.25, -0.2) is 0 Å². The maximum atomic E-state index is 9.42. The van der Waals surface area contributed by atoms with Gasteiger partial charge in [0.25, 0.3) is 0 Å². The maximum Gasteiger partial charge on any atom is 0.244 e. The van der Waals surface area contributed by atoms with Crippen molar-refractivity contribution in [3.63, 3.8) is 0 Å². The van der Waals surface area contributed by atoms with Crippen LogP contribution >= 0.6 is 0 Å². The van der Waals surface area contributed by atoms with Gasteiger partial charge >= 0.3 is 0 Å². The van der Waals surface area contributed by atoms with E-state index in [0.717, 1.165) is 0 Å². The summed E-state index contributed by atoms with van der Waals surface area (Å²) in [4.78, 5) is 4.28. The van der Waals surface area contributed by atoms with Crippen molar-refractivity contribution in [2.24, 2.45) is 7.05 Å². The zero-order valence-corrected chi connectivity index (χ0v) is 9.37. The molecular weight excluding hydrogens is 222 g/mol. The lowest BCUT2D eigenvalue weighted by molar-refractivity contribution is 0.191. The third-order valence-corrected chi connectivity index (χ3v) is 2.79. The lowest BCUT2D eigenvalue weighted by atomic mass is 10.2. The fraction of sp³-hybridized carbons (Fsp3) is 0.500. The van der Waals surface area contributed by atoms with E-state index in [1.54, 1.807) is 4.68 Å². The SMILES string of the molecule is Cn1ccc(-c2noc([C@@H]3C[C@H](O)CN3)n2)n1. The van der Waals surface area contributed by atoms with Crippen LogP contribution in [0.5, 0.6) is 0 Å². The van der Waals surface area contributed by atoms with Crippen LogP contribution in [0.1, 0.15) is 18.4 Å². The largest absolute Gasteiger partial charge is 0.392 e. The number of nitrogens with one attached hydrogen (secondary N) is 1. The number of aryl methyl sites for hydroxylation is 1. The molecule has 1 aliphatic heterocycles. The first kappa shape index (κ1) is 10.4. The first-order valence-corrected chi connectivity index (χ1v) is 5.47. The Kier molecular flexibility index (Phi) is 2.41. The summed E-state index contributed by atoms with van der Waals surface area (Å²) < 4.78 is 6.86.